The fourth-order valence-corrected chi connectivity index (χ4v) is 5.38. The second kappa shape index (κ2) is 14.0. The highest BCUT2D eigenvalue weighted by atomic mass is 16.5. The van der Waals surface area contributed by atoms with Gasteiger partial charge in [0.25, 0.3) is 11.8 Å². The Labute approximate surface area is 247 Å². The van der Waals surface area contributed by atoms with Crippen molar-refractivity contribution in [1.82, 2.24) is 24.9 Å². The molecule has 1 fully saturated rings. The summed E-state index contributed by atoms with van der Waals surface area (Å²) >= 11 is 0. The Morgan fingerprint density at radius 3 is 2.45 bits per heavy atom. The summed E-state index contributed by atoms with van der Waals surface area (Å²) in [5.74, 6) is -0.797. The van der Waals surface area contributed by atoms with Crippen molar-refractivity contribution in [2.75, 3.05) is 52.5 Å². The quantitative estimate of drug-likeness (QED) is 0.499. The molecule has 0 atom stereocenters. The normalized spacial score (nSPS) is 16.7. The van der Waals surface area contributed by atoms with Gasteiger partial charge in [0.1, 0.15) is 5.69 Å². The monoisotopic (exact) mass is 581 g/mol. The van der Waals surface area contributed by atoms with E-state index in [-0.39, 0.29) is 24.3 Å². The Balaban J connectivity index is 1.41. The number of carbonyl (C=O) groups is 4. The molecule has 11 heteroatoms. The van der Waals surface area contributed by atoms with Crippen molar-refractivity contribution < 1.29 is 28.7 Å². The zero-order chi connectivity index (χ0) is 30.3. The molecule has 2 aromatic rings. The number of hydrogen-bond donors (Lipinski definition) is 1. The first kappa shape index (κ1) is 31.2. The first-order valence-electron chi connectivity index (χ1n) is 14.9. The predicted octanol–water partition coefficient (Wildman–Crippen LogP) is 2.72. The van der Waals surface area contributed by atoms with Gasteiger partial charge in [0.15, 0.2) is 0 Å². The lowest BCUT2D eigenvalue weighted by Crippen LogP contribution is -2.50. The van der Waals surface area contributed by atoms with Gasteiger partial charge in [-0.1, -0.05) is 19.9 Å². The van der Waals surface area contributed by atoms with Gasteiger partial charge in [-0.05, 0) is 44.4 Å². The first-order chi connectivity index (χ1) is 20.1. The Bertz CT molecular complexity index is 1290. The Hall–Kier alpha value is -3.73. The van der Waals surface area contributed by atoms with Crippen LogP contribution in [0, 0.1) is 5.41 Å². The molecule has 4 rings (SSSR count). The van der Waals surface area contributed by atoms with E-state index in [0.717, 1.165) is 24.1 Å². The first-order valence-corrected chi connectivity index (χ1v) is 14.9. The molecular formula is C31H43N5O6. The van der Waals surface area contributed by atoms with Gasteiger partial charge in [0, 0.05) is 82.4 Å². The maximum absolute atomic E-state index is 13.1. The van der Waals surface area contributed by atoms with Crippen LogP contribution in [0.5, 0.6) is 0 Å². The number of hydrogen-bond acceptors (Lipinski definition) is 7. The second-order valence-corrected chi connectivity index (χ2v) is 11.7. The van der Waals surface area contributed by atoms with E-state index >= 15 is 0 Å². The van der Waals surface area contributed by atoms with Crippen molar-refractivity contribution in [2.45, 2.75) is 59.9 Å². The molecule has 1 aromatic carbocycles. The van der Waals surface area contributed by atoms with E-state index in [1.165, 1.54) is 6.92 Å². The lowest BCUT2D eigenvalue weighted by atomic mass is 9.86. The van der Waals surface area contributed by atoms with Crippen LogP contribution in [0.3, 0.4) is 0 Å². The van der Waals surface area contributed by atoms with Gasteiger partial charge in [-0.15, -0.1) is 0 Å². The van der Waals surface area contributed by atoms with Crippen molar-refractivity contribution >= 4 is 23.7 Å². The molecule has 0 radical (unpaired) electrons. The third kappa shape index (κ3) is 7.76. The molecule has 11 nitrogen and oxygen atoms in total. The number of nitrogens with one attached hydrogen (secondary N) is 1. The molecule has 1 saturated heterocycles. The minimum Gasteiger partial charge on any atom is -0.462 e. The number of amides is 3. The third-order valence-corrected chi connectivity index (χ3v) is 7.71. The van der Waals surface area contributed by atoms with Gasteiger partial charge in [-0.2, -0.15) is 5.10 Å². The number of piperazine rings is 1. The average Bonchev–Trinajstić information content (AvgIpc) is 3.31. The van der Waals surface area contributed by atoms with Crippen LogP contribution in [0.1, 0.15) is 83.0 Å². The number of fused-ring (bicyclic) bond motifs is 1. The molecule has 1 N–H and O–H groups in total. The molecule has 3 heterocycles. The van der Waals surface area contributed by atoms with E-state index < -0.39 is 11.4 Å². The van der Waals surface area contributed by atoms with E-state index in [9.17, 15) is 19.2 Å². The smallest absolute Gasteiger partial charge is 0.338 e. The fraction of sp³-hybridized carbons (Fsp3) is 0.581. The fourth-order valence-electron chi connectivity index (χ4n) is 5.38. The van der Waals surface area contributed by atoms with Gasteiger partial charge in [-0.25, -0.2) is 4.79 Å². The van der Waals surface area contributed by atoms with Crippen LogP contribution >= 0.6 is 0 Å². The molecular weight excluding hydrogens is 538 g/mol. The number of aryl methyl sites for hydroxylation is 1. The molecule has 2 aliphatic rings. The largest absolute Gasteiger partial charge is 0.462 e. The third-order valence-electron chi connectivity index (χ3n) is 7.71. The van der Waals surface area contributed by atoms with Crippen LogP contribution in [-0.2, 0) is 33.7 Å². The number of ether oxygens (including phenoxy) is 2. The Morgan fingerprint density at radius 2 is 1.74 bits per heavy atom. The van der Waals surface area contributed by atoms with Gasteiger partial charge >= 0.3 is 5.97 Å². The minimum absolute atomic E-state index is 0.000627. The summed E-state index contributed by atoms with van der Waals surface area (Å²) in [6.07, 6.45) is 2.76. The van der Waals surface area contributed by atoms with Gasteiger partial charge < -0.3 is 24.6 Å². The number of nitrogens with zero attached hydrogens (tertiary/aromatic N) is 4. The Kier molecular flexibility index (Phi) is 10.4. The van der Waals surface area contributed by atoms with Crippen LogP contribution in [0.2, 0.25) is 0 Å². The summed E-state index contributed by atoms with van der Waals surface area (Å²) < 4.78 is 13.2. The summed E-state index contributed by atoms with van der Waals surface area (Å²) in [7, 11) is 0. The van der Waals surface area contributed by atoms with Gasteiger partial charge in [0.05, 0.1) is 17.9 Å². The molecule has 228 valence electrons. The number of esters is 1. The average molecular weight is 582 g/mol. The van der Waals surface area contributed by atoms with Crippen molar-refractivity contribution in [2.24, 2.45) is 5.41 Å². The van der Waals surface area contributed by atoms with Crippen molar-refractivity contribution in [3.63, 3.8) is 0 Å². The molecule has 3 amide bonds. The lowest BCUT2D eigenvalue weighted by Gasteiger charge is -2.34. The number of aromatic nitrogens is 2. The van der Waals surface area contributed by atoms with E-state index in [4.69, 9.17) is 14.6 Å². The zero-order valence-corrected chi connectivity index (χ0v) is 25.2. The molecule has 0 spiro atoms. The molecule has 42 heavy (non-hydrogen) atoms. The molecule has 0 bridgehead atoms. The molecule has 0 aliphatic carbocycles. The predicted molar refractivity (Wildman–Crippen MR) is 156 cm³/mol. The van der Waals surface area contributed by atoms with E-state index in [0.29, 0.717) is 82.1 Å². The highest BCUT2D eigenvalue weighted by Gasteiger charge is 2.29. The highest BCUT2D eigenvalue weighted by molar-refractivity contribution is 5.98. The summed E-state index contributed by atoms with van der Waals surface area (Å²) in [5, 5.41) is 7.79. The maximum Gasteiger partial charge on any atom is 0.338 e. The van der Waals surface area contributed by atoms with Crippen LogP contribution in [-0.4, -0.2) is 95.8 Å². The van der Waals surface area contributed by atoms with Crippen molar-refractivity contribution in [3.8, 4) is 0 Å². The maximum atomic E-state index is 13.1. The summed E-state index contributed by atoms with van der Waals surface area (Å²) in [5.41, 5.74) is 2.62. The highest BCUT2D eigenvalue weighted by Crippen LogP contribution is 2.27. The van der Waals surface area contributed by atoms with Crippen molar-refractivity contribution in [1.29, 1.82) is 0 Å². The Morgan fingerprint density at radius 1 is 1.05 bits per heavy atom. The molecule has 0 saturated carbocycles. The number of benzene rings is 1. The number of rotatable bonds is 7. The molecule has 2 aliphatic heterocycles. The van der Waals surface area contributed by atoms with E-state index in [2.05, 4.69) is 5.32 Å². The summed E-state index contributed by atoms with van der Waals surface area (Å²) in [4.78, 5) is 54.2. The standard InChI is InChI=1S/C31H43N5O6/c1-5-36-27-25(11-7-17-41-18-8-12-32-28(27)38)26(33-36)20-31(3,4)21-42-30(40)24-10-6-9-23(19-24)29(39)35-15-13-34(14-16-35)22(2)37/h6,9-10,19H,5,7-8,11-18,20-21H2,1-4H3,(H,32,38). The van der Waals surface area contributed by atoms with E-state index in [1.54, 1.807) is 38.7 Å². The van der Waals surface area contributed by atoms with Crippen LogP contribution in [0.4, 0.5) is 0 Å². The van der Waals surface area contributed by atoms with Crippen LogP contribution in [0.15, 0.2) is 24.3 Å². The zero-order valence-electron chi connectivity index (χ0n) is 25.2. The summed E-state index contributed by atoms with van der Waals surface area (Å²) in [6.45, 7) is 11.9. The topological polar surface area (TPSA) is 123 Å². The summed E-state index contributed by atoms with van der Waals surface area (Å²) in [6, 6.07) is 6.57. The molecule has 0 unspecified atom stereocenters. The van der Waals surface area contributed by atoms with E-state index in [1.807, 2.05) is 20.8 Å². The number of carbonyl (C=O) groups excluding carboxylic acids is 4. The lowest BCUT2D eigenvalue weighted by molar-refractivity contribution is -0.130. The SMILES string of the molecule is CCn1nc(CC(C)(C)COC(=O)c2cccc(C(=O)N3CCN(C(C)=O)CC3)c2)c2c1C(=O)NCCCOCCC2. The van der Waals surface area contributed by atoms with Gasteiger partial charge in [-0.3, -0.25) is 19.1 Å². The molecule has 1 aromatic heterocycles. The van der Waals surface area contributed by atoms with Crippen LogP contribution < -0.4 is 5.32 Å². The second-order valence-electron chi connectivity index (χ2n) is 11.7. The van der Waals surface area contributed by atoms with Crippen LogP contribution in [0.25, 0.3) is 0 Å². The van der Waals surface area contributed by atoms with Gasteiger partial charge in [0.2, 0.25) is 5.91 Å². The minimum atomic E-state index is -0.506. The van der Waals surface area contributed by atoms with Crippen molar-refractivity contribution in [3.05, 3.63) is 52.3 Å².